The molecule has 0 unspecified atom stereocenters. The smallest absolute Gasteiger partial charge is 0.311 e. The van der Waals surface area contributed by atoms with Crippen LogP contribution in [0.4, 0.5) is 5.69 Å². The van der Waals surface area contributed by atoms with Gasteiger partial charge in [-0.05, 0) is 13.0 Å². The van der Waals surface area contributed by atoms with Crippen molar-refractivity contribution < 1.29 is 19.2 Å². The normalized spacial score (nSPS) is 9.85. The van der Waals surface area contributed by atoms with Gasteiger partial charge >= 0.3 is 5.69 Å². The Hall–Kier alpha value is -2.41. The molecular weight excluding hydrogens is 264 g/mol. The fraction of sp³-hybridized carbons (Fsp3) is 0.308. The molecule has 20 heavy (non-hydrogen) atoms. The summed E-state index contributed by atoms with van der Waals surface area (Å²) in [6.45, 7) is 5.88. The Morgan fingerprint density at radius 2 is 2.30 bits per heavy atom. The topological polar surface area (TPSA) is 90.7 Å². The fourth-order valence-electron chi connectivity index (χ4n) is 1.38. The molecule has 0 atom stereocenters. The van der Waals surface area contributed by atoms with Crippen LogP contribution in [-0.2, 0) is 4.74 Å². The molecule has 1 amide bonds. The van der Waals surface area contributed by atoms with Gasteiger partial charge in [-0.1, -0.05) is 6.08 Å². The number of nitro groups is 1. The zero-order chi connectivity index (χ0) is 15.0. The summed E-state index contributed by atoms with van der Waals surface area (Å²) in [4.78, 5) is 22.1. The second kappa shape index (κ2) is 7.90. The molecule has 1 rings (SSSR count). The minimum absolute atomic E-state index is 0.00490. The second-order valence-corrected chi connectivity index (χ2v) is 3.69. The predicted molar refractivity (Wildman–Crippen MR) is 72.7 cm³/mol. The standard InChI is InChI=1S/C13H16N2O5/c1-3-7-14-13(16)10-5-6-11(15(17)18)12(8-10)20-9-19-4-2/h3,5-6,8H,1,4,7,9H2,2H3,(H,14,16). The molecule has 0 aliphatic heterocycles. The van der Waals surface area contributed by atoms with Gasteiger partial charge < -0.3 is 14.8 Å². The van der Waals surface area contributed by atoms with Crippen molar-refractivity contribution in [1.29, 1.82) is 0 Å². The number of nitro benzene ring substituents is 1. The Morgan fingerprint density at radius 1 is 1.55 bits per heavy atom. The van der Waals surface area contributed by atoms with Crippen LogP contribution in [0.3, 0.4) is 0 Å². The van der Waals surface area contributed by atoms with Gasteiger partial charge in [0, 0.05) is 30.8 Å². The third kappa shape index (κ3) is 4.36. The first-order valence-electron chi connectivity index (χ1n) is 5.98. The van der Waals surface area contributed by atoms with Crippen LogP contribution in [0.2, 0.25) is 0 Å². The van der Waals surface area contributed by atoms with E-state index in [2.05, 4.69) is 11.9 Å². The Morgan fingerprint density at radius 3 is 2.90 bits per heavy atom. The first-order chi connectivity index (χ1) is 9.60. The zero-order valence-corrected chi connectivity index (χ0v) is 11.1. The third-order valence-corrected chi connectivity index (χ3v) is 2.33. The SMILES string of the molecule is C=CCNC(=O)c1ccc([N+](=O)[O-])c(OCOCC)c1. The summed E-state index contributed by atoms with van der Waals surface area (Å²) in [7, 11) is 0. The summed E-state index contributed by atoms with van der Waals surface area (Å²) in [6.07, 6.45) is 1.54. The molecule has 1 N–H and O–H groups in total. The van der Waals surface area contributed by atoms with Gasteiger partial charge in [-0.15, -0.1) is 6.58 Å². The molecule has 0 saturated carbocycles. The average Bonchev–Trinajstić information content (AvgIpc) is 2.44. The summed E-state index contributed by atoms with van der Waals surface area (Å²) in [5.74, 6) is -0.365. The van der Waals surface area contributed by atoms with Crippen molar-refractivity contribution in [2.24, 2.45) is 0 Å². The summed E-state index contributed by atoms with van der Waals surface area (Å²) in [5.41, 5.74) is 0.0499. The number of nitrogens with one attached hydrogen (secondary N) is 1. The van der Waals surface area contributed by atoms with Gasteiger partial charge in [0.15, 0.2) is 6.79 Å². The molecule has 0 fully saturated rings. The Kier molecular flexibility index (Phi) is 6.18. The quantitative estimate of drug-likeness (QED) is 0.258. The molecule has 0 radical (unpaired) electrons. The number of hydrogen-bond acceptors (Lipinski definition) is 5. The highest BCUT2D eigenvalue weighted by atomic mass is 16.7. The van der Waals surface area contributed by atoms with Crippen LogP contribution in [0.5, 0.6) is 5.75 Å². The zero-order valence-electron chi connectivity index (χ0n) is 11.1. The van der Waals surface area contributed by atoms with Gasteiger partial charge in [-0.2, -0.15) is 0 Å². The maximum atomic E-state index is 11.8. The molecule has 0 aliphatic rings. The number of carbonyl (C=O) groups is 1. The van der Waals surface area contributed by atoms with Crippen molar-refractivity contribution in [2.75, 3.05) is 19.9 Å². The lowest BCUT2D eigenvalue weighted by Crippen LogP contribution is -2.23. The number of carbonyl (C=O) groups excluding carboxylic acids is 1. The van der Waals surface area contributed by atoms with Crippen molar-refractivity contribution >= 4 is 11.6 Å². The van der Waals surface area contributed by atoms with Gasteiger partial charge in [0.05, 0.1) is 4.92 Å². The molecule has 0 bridgehead atoms. The lowest BCUT2D eigenvalue weighted by Gasteiger charge is -2.08. The lowest BCUT2D eigenvalue weighted by atomic mass is 10.1. The van der Waals surface area contributed by atoms with Crippen molar-refractivity contribution in [3.8, 4) is 5.75 Å². The van der Waals surface area contributed by atoms with E-state index in [1.54, 1.807) is 6.92 Å². The highest BCUT2D eigenvalue weighted by Gasteiger charge is 2.18. The number of rotatable bonds is 8. The first-order valence-corrected chi connectivity index (χ1v) is 5.98. The summed E-state index contributed by atoms with van der Waals surface area (Å²) >= 11 is 0. The molecule has 108 valence electrons. The van der Waals surface area contributed by atoms with Gasteiger partial charge in [0.2, 0.25) is 5.75 Å². The number of hydrogen-bond donors (Lipinski definition) is 1. The molecule has 0 aliphatic carbocycles. The van der Waals surface area contributed by atoms with Gasteiger partial charge in [-0.25, -0.2) is 0 Å². The molecular formula is C13H16N2O5. The lowest BCUT2D eigenvalue weighted by molar-refractivity contribution is -0.386. The first kappa shape index (κ1) is 15.6. The molecule has 1 aromatic carbocycles. The third-order valence-electron chi connectivity index (χ3n) is 2.33. The summed E-state index contributed by atoms with van der Waals surface area (Å²) in [5, 5.41) is 13.5. The van der Waals surface area contributed by atoms with E-state index >= 15 is 0 Å². The number of benzene rings is 1. The fourth-order valence-corrected chi connectivity index (χ4v) is 1.38. The van der Waals surface area contributed by atoms with Crippen LogP contribution in [0.25, 0.3) is 0 Å². The van der Waals surface area contributed by atoms with Gasteiger partial charge in [0.25, 0.3) is 5.91 Å². The molecule has 0 heterocycles. The van der Waals surface area contributed by atoms with Crippen molar-refractivity contribution in [3.63, 3.8) is 0 Å². The van der Waals surface area contributed by atoms with E-state index in [1.807, 2.05) is 0 Å². The highest BCUT2D eigenvalue weighted by molar-refractivity contribution is 5.95. The Bertz CT molecular complexity index is 502. The molecule has 7 heteroatoms. The van der Waals surface area contributed by atoms with Crippen LogP contribution >= 0.6 is 0 Å². The van der Waals surface area contributed by atoms with E-state index in [0.29, 0.717) is 13.2 Å². The predicted octanol–water partition coefficient (Wildman–Crippen LogP) is 1.88. The summed E-state index contributed by atoms with van der Waals surface area (Å²) in [6, 6.07) is 3.91. The minimum Gasteiger partial charge on any atom is -0.460 e. The number of ether oxygens (including phenoxy) is 2. The second-order valence-electron chi connectivity index (χ2n) is 3.69. The highest BCUT2D eigenvalue weighted by Crippen LogP contribution is 2.28. The molecule has 0 saturated heterocycles. The molecule has 7 nitrogen and oxygen atoms in total. The van der Waals surface area contributed by atoms with E-state index in [1.165, 1.54) is 24.3 Å². The Labute approximate surface area is 116 Å². The largest absolute Gasteiger partial charge is 0.460 e. The number of amides is 1. The maximum Gasteiger partial charge on any atom is 0.311 e. The number of nitrogens with zero attached hydrogens (tertiary/aromatic N) is 1. The van der Waals surface area contributed by atoms with E-state index in [-0.39, 0.29) is 29.7 Å². The molecule has 0 spiro atoms. The monoisotopic (exact) mass is 280 g/mol. The Balaban J connectivity index is 2.94. The molecule has 1 aromatic rings. The van der Waals surface area contributed by atoms with Crippen LogP contribution in [0.1, 0.15) is 17.3 Å². The van der Waals surface area contributed by atoms with E-state index in [9.17, 15) is 14.9 Å². The minimum atomic E-state index is -0.577. The summed E-state index contributed by atoms with van der Waals surface area (Å²) < 4.78 is 10.1. The van der Waals surface area contributed by atoms with Crippen LogP contribution in [0, 0.1) is 10.1 Å². The van der Waals surface area contributed by atoms with Crippen molar-refractivity contribution in [3.05, 3.63) is 46.5 Å². The van der Waals surface area contributed by atoms with Crippen LogP contribution in [0.15, 0.2) is 30.9 Å². The maximum absolute atomic E-state index is 11.8. The van der Waals surface area contributed by atoms with Crippen molar-refractivity contribution in [2.45, 2.75) is 6.92 Å². The van der Waals surface area contributed by atoms with E-state index in [0.717, 1.165) is 0 Å². The average molecular weight is 280 g/mol. The van der Waals surface area contributed by atoms with Crippen molar-refractivity contribution in [1.82, 2.24) is 5.32 Å². The molecule has 0 aromatic heterocycles. The van der Waals surface area contributed by atoms with Gasteiger partial charge in [-0.3, -0.25) is 14.9 Å². The van der Waals surface area contributed by atoms with E-state index in [4.69, 9.17) is 9.47 Å². The van der Waals surface area contributed by atoms with Crippen LogP contribution < -0.4 is 10.1 Å². The van der Waals surface area contributed by atoms with Gasteiger partial charge in [0.1, 0.15) is 0 Å². The van der Waals surface area contributed by atoms with Crippen LogP contribution in [-0.4, -0.2) is 30.8 Å². The van der Waals surface area contributed by atoms with E-state index < -0.39 is 4.92 Å².